The molecular weight excluding hydrogens is 362 g/mol. The molecule has 1 amide bonds. The molecule has 0 unspecified atom stereocenters. The minimum atomic E-state index is -0.418. The van der Waals surface area contributed by atoms with Gasteiger partial charge in [0.15, 0.2) is 0 Å². The summed E-state index contributed by atoms with van der Waals surface area (Å²) in [7, 11) is 0. The van der Waals surface area contributed by atoms with E-state index in [2.05, 4.69) is 45.2 Å². The zero-order valence-electron chi connectivity index (χ0n) is 18.9. The highest BCUT2D eigenvalue weighted by Gasteiger charge is 2.26. The maximum atomic E-state index is 11.8. The Balaban J connectivity index is 2.59. The van der Waals surface area contributed by atoms with E-state index in [9.17, 15) is 9.59 Å². The summed E-state index contributed by atoms with van der Waals surface area (Å²) >= 11 is 0. The van der Waals surface area contributed by atoms with Crippen LogP contribution >= 0.6 is 0 Å². The lowest BCUT2D eigenvalue weighted by Gasteiger charge is -2.32. The molecule has 0 aromatic carbocycles. The molecule has 0 spiro atoms. The molecule has 0 saturated carbocycles. The van der Waals surface area contributed by atoms with Crippen LogP contribution in [0.15, 0.2) is 58.7 Å². The third kappa shape index (κ3) is 9.60. The molecular formula is C25H37NO3. The number of carbonyl (C=O) groups is 2. The van der Waals surface area contributed by atoms with Crippen LogP contribution in [-0.2, 0) is 14.3 Å². The fraction of sp³-hybridized carbons (Fsp3) is 0.520. The van der Waals surface area contributed by atoms with Gasteiger partial charge in [-0.05, 0) is 63.0 Å². The van der Waals surface area contributed by atoms with Gasteiger partial charge in [0.05, 0.1) is 6.61 Å². The molecule has 1 rings (SSSR count). The van der Waals surface area contributed by atoms with Crippen molar-refractivity contribution < 1.29 is 14.3 Å². The Kier molecular flexibility index (Phi) is 10.4. The van der Waals surface area contributed by atoms with Gasteiger partial charge in [0.2, 0.25) is 5.91 Å². The Labute approximate surface area is 176 Å². The number of ether oxygens (including phenoxy) is 1. The van der Waals surface area contributed by atoms with E-state index in [-0.39, 0.29) is 17.9 Å². The molecule has 29 heavy (non-hydrogen) atoms. The predicted molar refractivity (Wildman–Crippen MR) is 120 cm³/mol. The molecule has 4 heteroatoms. The van der Waals surface area contributed by atoms with Crippen LogP contribution in [0.1, 0.15) is 67.2 Å². The van der Waals surface area contributed by atoms with Gasteiger partial charge in [-0.25, -0.2) is 0 Å². The highest BCUT2D eigenvalue weighted by atomic mass is 16.5. The van der Waals surface area contributed by atoms with E-state index in [1.54, 1.807) is 0 Å². The Morgan fingerprint density at radius 3 is 2.55 bits per heavy atom. The van der Waals surface area contributed by atoms with Crippen LogP contribution in [0.4, 0.5) is 0 Å². The molecule has 0 radical (unpaired) electrons. The van der Waals surface area contributed by atoms with Crippen molar-refractivity contribution in [1.29, 1.82) is 0 Å². The fourth-order valence-corrected chi connectivity index (χ4v) is 3.36. The van der Waals surface area contributed by atoms with Gasteiger partial charge in [0.25, 0.3) is 0 Å². The lowest BCUT2D eigenvalue weighted by Crippen LogP contribution is -2.29. The molecule has 0 atom stereocenters. The first-order chi connectivity index (χ1) is 13.7. The van der Waals surface area contributed by atoms with Crippen LogP contribution in [0.2, 0.25) is 0 Å². The number of rotatable bonds is 9. The number of carbonyl (C=O) groups excluding carboxylic acids is 2. The fourth-order valence-electron chi connectivity index (χ4n) is 3.36. The number of allylic oxidation sites excluding steroid dienone is 9. The van der Waals surface area contributed by atoms with E-state index >= 15 is 0 Å². The van der Waals surface area contributed by atoms with E-state index in [0.717, 1.165) is 17.6 Å². The largest absolute Gasteiger partial charge is 0.464 e. The van der Waals surface area contributed by atoms with Crippen molar-refractivity contribution in [1.82, 2.24) is 5.32 Å². The maximum Gasteiger partial charge on any atom is 0.325 e. The minimum Gasteiger partial charge on any atom is -0.464 e. The summed E-state index contributed by atoms with van der Waals surface area (Å²) in [5.41, 5.74) is 5.14. The van der Waals surface area contributed by atoms with Gasteiger partial charge in [-0.15, -0.1) is 0 Å². The topological polar surface area (TPSA) is 55.4 Å². The van der Waals surface area contributed by atoms with Gasteiger partial charge >= 0.3 is 5.97 Å². The number of hydrogen-bond acceptors (Lipinski definition) is 3. The normalized spacial score (nSPS) is 17.9. The third-order valence-corrected chi connectivity index (χ3v) is 5.01. The van der Waals surface area contributed by atoms with Gasteiger partial charge in [0.1, 0.15) is 6.54 Å². The van der Waals surface area contributed by atoms with Crippen LogP contribution in [0.5, 0.6) is 0 Å². The zero-order valence-corrected chi connectivity index (χ0v) is 18.9. The van der Waals surface area contributed by atoms with Crippen molar-refractivity contribution in [3.8, 4) is 0 Å². The summed E-state index contributed by atoms with van der Waals surface area (Å²) in [4.78, 5) is 23.2. The second-order valence-electron chi connectivity index (χ2n) is 8.36. The van der Waals surface area contributed by atoms with Crippen molar-refractivity contribution >= 4 is 11.9 Å². The van der Waals surface area contributed by atoms with Crippen LogP contribution in [0, 0.1) is 5.41 Å². The molecule has 0 aromatic heterocycles. The number of nitrogens with one attached hydrogen (secondary N) is 1. The van der Waals surface area contributed by atoms with E-state index < -0.39 is 5.97 Å². The Bertz CT molecular complexity index is 733. The highest BCUT2D eigenvalue weighted by Crippen LogP contribution is 2.40. The lowest BCUT2D eigenvalue weighted by atomic mass is 9.72. The number of esters is 1. The van der Waals surface area contributed by atoms with Crippen LogP contribution in [0.25, 0.3) is 0 Å². The van der Waals surface area contributed by atoms with E-state index in [0.29, 0.717) is 6.61 Å². The molecule has 0 aromatic rings. The van der Waals surface area contributed by atoms with E-state index in [1.807, 2.05) is 32.1 Å². The molecule has 0 bridgehead atoms. The van der Waals surface area contributed by atoms with E-state index in [4.69, 9.17) is 4.74 Å². The quantitative estimate of drug-likeness (QED) is 0.312. The molecule has 4 nitrogen and oxygen atoms in total. The Morgan fingerprint density at radius 1 is 1.17 bits per heavy atom. The van der Waals surface area contributed by atoms with Gasteiger partial charge in [-0.2, -0.15) is 0 Å². The van der Waals surface area contributed by atoms with Crippen molar-refractivity contribution in [3.63, 3.8) is 0 Å². The summed E-state index contributed by atoms with van der Waals surface area (Å²) in [5.74, 6) is -0.721. The first-order valence-corrected chi connectivity index (χ1v) is 10.5. The maximum absolute atomic E-state index is 11.8. The van der Waals surface area contributed by atoms with Gasteiger partial charge in [-0.1, -0.05) is 62.3 Å². The molecule has 160 valence electrons. The number of amides is 1. The van der Waals surface area contributed by atoms with Crippen molar-refractivity contribution in [2.45, 2.75) is 67.2 Å². The summed E-state index contributed by atoms with van der Waals surface area (Å²) in [6.07, 6.45) is 16.2. The highest BCUT2D eigenvalue weighted by molar-refractivity contribution is 5.91. The Hall–Kier alpha value is -2.36. The van der Waals surface area contributed by atoms with Gasteiger partial charge in [-0.3, -0.25) is 9.59 Å². The summed E-state index contributed by atoms with van der Waals surface area (Å²) in [6.45, 7) is 13.0. The first-order valence-electron chi connectivity index (χ1n) is 10.5. The molecule has 0 heterocycles. The van der Waals surface area contributed by atoms with E-state index in [1.165, 1.54) is 36.5 Å². The van der Waals surface area contributed by atoms with Crippen LogP contribution in [-0.4, -0.2) is 25.0 Å². The van der Waals surface area contributed by atoms with Crippen molar-refractivity contribution in [2.24, 2.45) is 5.41 Å². The van der Waals surface area contributed by atoms with Gasteiger partial charge in [0, 0.05) is 6.08 Å². The smallest absolute Gasteiger partial charge is 0.325 e. The van der Waals surface area contributed by atoms with Crippen LogP contribution in [0.3, 0.4) is 0 Å². The summed E-state index contributed by atoms with van der Waals surface area (Å²) in [6, 6.07) is 0. The summed E-state index contributed by atoms with van der Waals surface area (Å²) < 4.78 is 4.92. The monoisotopic (exact) mass is 399 g/mol. The van der Waals surface area contributed by atoms with Crippen molar-refractivity contribution in [3.05, 3.63) is 58.7 Å². The average Bonchev–Trinajstić information content (AvgIpc) is 2.63. The molecule has 0 aliphatic heterocycles. The number of hydrogen-bond donors (Lipinski definition) is 1. The van der Waals surface area contributed by atoms with Crippen LogP contribution < -0.4 is 5.32 Å². The zero-order chi connectivity index (χ0) is 21.9. The molecule has 0 saturated heterocycles. The molecule has 1 aliphatic carbocycles. The van der Waals surface area contributed by atoms with Gasteiger partial charge < -0.3 is 10.1 Å². The second kappa shape index (κ2) is 12.3. The SMILES string of the molecule is CCCOC(=O)CNC(=O)/C=C(C)/C=C/C=C(C)/C=C/C1=C(C)CCCC1(C)C. The average molecular weight is 400 g/mol. The predicted octanol–water partition coefficient (Wildman–Crippen LogP) is 5.59. The molecule has 1 N–H and O–H groups in total. The standard InChI is InChI=1S/C25H37NO3/c1-7-16-29-24(28)18-26-23(27)17-20(3)11-8-10-19(2)13-14-22-21(4)12-9-15-25(22,5)6/h8,10-11,13-14,17H,7,9,12,15-16,18H2,1-6H3,(H,26,27)/b11-8+,14-13+,19-10+,20-17+. The molecule has 1 aliphatic rings. The Morgan fingerprint density at radius 2 is 1.90 bits per heavy atom. The summed E-state index contributed by atoms with van der Waals surface area (Å²) in [5, 5.41) is 2.53. The minimum absolute atomic E-state index is 0.109. The van der Waals surface area contributed by atoms with Crippen molar-refractivity contribution in [2.75, 3.05) is 13.2 Å². The third-order valence-electron chi connectivity index (χ3n) is 5.01. The first kappa shape index (κ1) is 24.7. The second-order valence-corrected chi connectivity index (χ2v) is 8.36. The molecule has 0 fully saturated rings. The lowest BCUT2D eigenvalue weighted by molar-refractivity contribution is -0.143.